The molecule has 0 radical (unpaired) electrons. The number of nitrogens with two attached hydrogens (primary N) is 1. The van der Waals surface area contributed by atoms with E-state index in [1.54, 1.807) is 18.2 Å². The summed E-state index contributed by atoms with van der Waals surface area (Å²) >= 11 is 0. The SMILES string of the molecule is C=C/C=C(\C=C(\C)C=C)C(N)=O. The summed E-state index contributed by atoms with van der Waals surface area (Å²) in [5, 5.41) is 0. The summed E-state index contributed by atoms with van der Waals surface area (Å²) in [6.07, 6.45) is 6.40. The highest BCUT2D eigenvalue weighted by Gasteiger charge is 1.98. The van der Waals surface area contributed by atoms with Crippen LogP contribution in [0.3, 0.4) is 0 Å². The molecule has 0 bridgehead atoms. The Morgan fingerprint density at radius 2 is 2.00 bits per heavy atom. The first-order valence-electron chi connectivity index (χ1n) is 3.55. The zero-order valence-corrected chi connectivity index (χ0v) is 7.21. The van der Waals surface area contributed by atoms with Gasteiger partial charge in [0.15, 0.2) is 0 Å². The summed E-state index contributed by atoms with van der Waals surface area (Å²) in [4.78, 5) is 10.8. The third-order valence-electron chi connectivity index (χ3n) is 1.29. The van der Waals surface area contributed by atoms with E-state index in [-0.39, 0.29) is 0 Å². The lowest BCUT2D eigenvalue weighted by Crippen LogP contribution is -2.12. The van der Waals surface area contributed by atoms with Crippen LogP contribution in [0.4, 0.5) is 0 Å². The molecule has 0 saturated heterocycles. The van der Waals surface area contributed by atoms with Gasteiger partial charge in [0, 0.05) is 5.57 Å². The number of amides is 1. The highest BCUT2D eigenvalue weighted by molar-refractivity contribution is 5.95. The minimum absolute atomic E-state index is 0.433. The van der Waals surface area contributed by atoms with Crippen LogP contribution in [0.25, 0.3) is 0 Å². The number of allylic oxidation sites excluding steroid dienone is 4. The Morgan fingerprint density at radius 3 is 2.33 bits per heavy atom. The average molecular weight is 163 g/mol. The molecule has 0 aromatic rings. The van der Waals surface area contributed by atoms with Crippen molar-refractivity contribution in [3.8, 4) is 0 Å². The van der Waals surface area contributed by atoms with Gasteiger partial charge in [-0.15, -0.1) is 0 Å². The Bertz CT molecular complexity index is 259. The number of rotatable bonds is 4. The van der Waals surface area contributed by atoms with E-state index in [1.807, 2.05) is 6.92 Å². The lowest BCUT2D eigenvalue weighted by molar-refractivity contribution is -0.114. The number of carbonyl (C=O) groups is 1. The Hall–Kier alpha value is -1.57. The Morgan fingerprint density at radius 1 is 1.42 bits per heavy atom. The molecule has 2 nitrogen and oxygen atoms in total. The molecule has 2 heteroatoms. The third kappa shape index (κ3) is 3.56. The van der Waals surface area contributed by atoms with E-state index in [1.165, 1.54) is 6.08 Å². The molecule has 0 unspecified atom stereocenters. The van der Waals surface area contributed by atoms with Crippen molar-refractivity contribution in [3.05, 3.63) is 48.6 Å². The molecule has 0 heterocycles. The fourth-order valence-electron chi connectivity index (χ4n) is 0.633. The van der Waals surface area contributed by atoms with Crippen LogP contribution in [0.5, 0.6) is 0 Å². The maximum Gasteiger partial charge on any atom is 0.248 e. The van der Waals surface area contributed by atoms with Gasteiger partial charge >= 0.3 is 0 Å². The van der Waals surface area contributed by atoms with Gasteiger partial charge < -0.3 is 5.73 Å². The van der Waals surface area contributed by atoms with Crippen molar-refractivity contribution in [2.24, 2.45) is 5.73 Å². The Labute approximate surface area is 72.8 Å². The number of hydrogen-bond donors (Lipinski definition) is 1. The number of hydrogen-bond acceptors (Lipinski definition) is 1. The van der Waals surface area contributed by atoms with Gasteiger partial charge in [0.25, 0.3) is 0 Å². The predicted octanol–water partition coefficient (Wildman–Crippen LogP) is 1.72. The summed E-state index contributed by atoms with van der Waals surface area (Å²) in [6, 6.07) is 0. The van der Waals surface area contributed by atoms with E-state index in [9.17, 15) is 4.79 Å². The van der Waals surface area contributed by atoms with E-state index in [0.29, 0.717) is 5.57 Å². The fourth-order valence-corrected chi connectivity index (χ4v) is 0.633. The monoisotopic (exact) mass is 163 g/mol. The molecule has 0 saturated carbocycles. The zero-order chi connectivity index (χ0) is 9.56. The van der Waals surface area contributed by atoms with Crippen molar-refractivity contribution in [2.45, 2.75) is 6.92 Å². The average Bonchev–Trinajstić information content (AvgIpc) is 2.03. The molecule has 0 spiro atoms. The standard InChI is InChI=1S/C10H13NO/c1-4-6-9(10(11)12)7-8(3)5-2/h4-7H,1-2H2,3H3,(H2,11,12)/b8-7-,9-6+. The van der Waals surface area contributed by atoms with Crippen LogP contribution in [-0.4, -0.2) is 5.91 Å². The van der Waals surface area contributed by atoms with Crippen molar-refractivity contribution < 1.29 is 4.79 Å². The minimum atomic E-state index is -0.462. The molecule has 0 aliphatic heterocycles. The second-order valence-corrected chi connectivity index (χ2v) is 2.31. The molecule has 12 heavy (non-hydrogen) atoms. The van der Waals surface area contributed by atoms with Crippen molar-refractivity contribution in [1.29, 1.82) is 0 Å². The summed E-state index contributed by atoms with van der Waals surface area (Å²) < 4.78 is 0. The van der Waals surface area contributed by atoms with Crippen molar-refractivity contribution in [1.82, 2.24) is 0 Å². The molecule has 0 atom stereocenters. The van der Waals surface area contributed by atoms with E-state index >= 15 is 0 Å². The van der Waals surface area contributed by atoms with Gasteiger partial charge in [0.2, 0.25) is 5.91 Å². The van der Waals surface area contributed by atoms with Crippen molar-refractivity contribution in [3.63, 3.8) is 0 Å². The van der Waals surface area contributed by atoms with E-state index in [2.05, 4.69) is 13.2 Å². The van der Waals surface area contributed by atoms with Crippen LogP contribution in [0, 0.1) is 0 Å². The fraction of sp³-hybridized carbons (Fsp3) is 0.100. The van der Waals surface area contributed by atoms with Gasteiger partial charge in [-0.2, -0.15) is 0 Å². The summed E-state index contributed by atoms with van der Waals surface area (Å²) in [6.45, 7) is 8.88. The minimum Gasteiger partial charge on any atom is -0.366 e. The normalized spacial score (nSPS) is 12.4. The second-order valence-electron chi connectivity index (χ2n) is 2.31. The number of primary amides is 1. The summed E-state index contributed by atoms with van der Waals surface area (Å²) in [7, 11) is 0. The third-order valence-corrected chi connectivity index (χ3v) is 1.29. The van der Waals surface area contributed by atoms with Crippen LogP contribution in [0.1, 0.15) is 6.92 Å². The summed E-state index contributed by atoms with van der Waals surface area (Å²) in [5.74, 6) is -0.462. The highest BCUT2D eigenvalue weighted by atomic mass is 16.1. The first kappa shape index (κ1) is 10.4. The molecule has 0 aliphatic rings. The smallest absolute Gasteiger partial charge is 0.248 e. The molecule has 64 valence electrons. The van der Waals surface area contributed by atoms with Crippen LogP contribution in [-0.2, 0) is 4.79 Å². The van der Waals surface area contributed by atoms with Crippen LogP contribution in [0.2, 0.25) is 0 Å². The molecular formula is C10H13NO. The molecular weight excluding hydrogens is 150 g/mol. The lowest BCUT2D eigenvalue weighted by Gasteiger charge is -1.95. The van der Waals surface area contributed by atoms with Gasteiger partial charge in [-0.1, -0.05) is 37.0 Å². The second kappa shape index (κ2) is 5.13. The van der Waals surface area contributed by atoms with E-state index < -0.39 is 5.91 Å². The van der Waals surface area contributed by atoms with Gasteiger partial charge in [-0.25, -0.2) is 0 Å². The quantitative estimate of drug-likeness (QED) is 0.497. The Kier molecular flexibility index (Phi) is 4.46. The largest absolute Gasteiger partial charge is 0.366 e. The van der Waals surface area contributed by atoms with Gasteiger partial charge in [-0.05, 0) is 13.0 Å². The zero-order valence-electron chi connectivity index (χ0n) is 7.21. The molecule has 0 rings (SSSR count). The van der Waals surface area contributed by atoms with Gasteiger partial charge in [0.05, 0.1) is 0 Å². The molecule has 2 N–H and O–H groups in total. The van der Waals surface area contributed by atoms with Crippen LogP contribution >= 0.6 is 0 Å². The first-order valence-corrected chi connectivity index (χ1v) is 3.55. The van der Waals surface area contributed by atoms with Gasteiger partial charge in [0.1, 0.15) is 0 Å². The van der Waals surface area contributed by atoms with Crippen LogP contribution in [0.15, 0.2) is 48.6 Å². The molecule has 0 aliphatic carbocycles. The first-order chi connectivity index (χ1) is 5.61. The molecule has 0 fully saturated rings. The molecule has 0 aromatic heterocycles. The van der Waals surface area contributed by atoms with Gasteiger partial charge in [-0.3, -0.25) is 4.79 Å². The maximum absolute atomic E-state index is 10.8. The topological polar surface area (TPSA) is 43.1 Å². The number of carbonyl (C=O) groups excluding carboxylic acids is 1. The lowest BCUT2D eigenvalue weighted by atomic mass is 10.1. The molecule has 0 aromatic carbocycles. The van der Waals surface area contributed by atoms with E-state index in [4.69, 9.17) is 5.73 Å². The highest BCUT2D eigenvalue weighted by Crippen LogP contribution is 2.02. The molecule has 1 amide bonds. The summed E-state index contributed by atoms with van der Waals surface area (Å²) in [5.41, 5.74) is 6.42. The van der Waals surface area contributed by atoms with Crippen molar-refractivity contribution in [2.75, 3.05) is 0 Å². The maximum atomic E-state index is 10.8. The van der Waals surface area contributed by atoms with E-state index in [0.717, 1.165) is 5.57 Å². The predicted molar refractivity (Wildman–Crippen MR) is 51.4 cm³/mol. The Balaban J connectivity index is 4.78. The van der Waals surface area contributed by atoms with Crippen molar-refractivity contribution >= 4 is 5.91 Å². The van der Waals surface area contributed by atoms with Crippen LogP contribution < -0.4 is 5.73 Å².